The number of nitrogens with zero attached hydrogens (tertiary/aromatic N) is 1. The maximum Gasteiger partial charge on any atom is 0.0704 e. The lowest BCUT2D eigenvalue weighted by Gasteiger charge is -2.09. The molecule has 70 valence electrons. The zero-order chi connectivity index (χ0) is 9.97. The fourth-order valence-corrected chi connectivity index (χ4v) is 1.64. The molecule has 1 nitrogen and oxygen atoms in total. The lowest BCUT2D eigenvalue weighted by atomic mass is 9.98. The third-order valence-corrected chi connectivity index (χ3v) is 2.53. The topological polar surface area (TPSA) is 12.9 Å². The molecule has 0 aliphatic carbocycles. The van der Waals surface area contributed by atoms with Crippen molar-refractivity contribution in [1.29, 1.82) is 0 Å². The van der Waals surface area contributed by atoms with Crippen LogP contribution in [0.25, 0.3) is 10.9 Å². The van der Waals surface area contributed by atoms with Gasteiger partial charge in [-0.1, -0.05) is 31.2 Å². The maximum absolute atomic E-state index is 4.32. The lowest BCUT2D eigenvalue weighted by Crippen LogP contribution is -1.91. The molecule has 1 aromatic heterocycles. The van der Waals surface area contributed by atoms with Crippen molar-refractivity contribution in [3.63, 3.8) is 0 Å². The largest absolute Gasteiger partial charge is 0.256 e. The second-order valence-electron chi connectivity index (χ2n) is 3.44. The fourth-order valence-electron chi connectivity index (χ4n) is 1.64. The van der Waals surface area contributed by atoms with E-state index >= 15 is 0 Å². The summed E-state index contributed by atoms with van der Waals surface area (Å²) in [6, 6.07) is 10.3. The van der Waals surface area contributed by atoms with Gasteiger partial charge >= 0.3 is 0 Å². The zero-order valence-corrected chi connectivity index (χ0v) is 8.27. The Kier molecular flexibility index (Phi) is 2.32. The van der Waals surface area contributed by atoms with E-state index in [0.29, 0.717) is 5.92 Å². The fraction of sp³-hybridized carbons (Fsp3) is 0.154. The predicted molar refractivity (Wildman–Crippen MR) is 60.4 cm³/mol. The molecule has 1 atom stereocenters. The van der Waals surface area contributed by atoms with Gasteiger partial charge in [0, 0.05) is 11.6 Å². The van der Waals surface area contributed by atoms with Gasteiger partial charge in [-0.2, -0.15) is 0 Å². The number of para-hydroxylation sites is 1. The van der Waals surface area contributed by atoms with E-state index in [1.165, 1.54) is 10.9 Å². The molecule has 0 radical (unpaired) electrons. The molecule has 0 aliphatic heterocycles. The van der Waals surface area contributed by atoms with Gasteiger partial charge in [0.05, 0.1) is 5.52 Å². The van der Waals surface area contributed by atoms with E-state index in [4.69, 9.17) is 0 Å². The Bertz CT molecular complexity index is 454. The van der Waals surface area contributed by atoms with Crippen molar-refractivity contribution in [2.75, 3.05) is 0 Å². The molecule has 2 aromatic rings. The summed E-state index contributed by atoms with van der Waals surface area (Å²) in [4.78, 5) is 4.32. The highest BCUT2D eigenvalue weighted by Gasteiger charge is 2.05. The van der Waals surface area contributed by atoms with Crippen molar-refractivity contribution in [3.8, 4) is 0 Å². The standard InChI is InChI=1S/C13H13N/c1-3-10(2)11-8-9-14-13-7-5-4-6-12(11)13/h3-10H,1H2,2H3/t10-/m0/s1. The van der Waals surface area contributed by atoms with Crippen LogP contribution in [0, 0.1) is 0 Å². The average molecular weight is 183 g/mol. The van der Waals surface area contributed by atoms with Gasteiger partial charge in [-0.05, 0) is 23.6 Å². The second-order valence-corrected chi connectivity index (χ2v) is 3.44. The van der Waals surface area contributed by atoms with Crippen molar-refractivity contribution in [1.82, 2.24) is 4.98 Å². The first kappa shape index (κ1) is 8.95. The molecule has 1 heterocycles. The highest BCUT2D eigenvalue weighted by Crippen LogP contribution is 2.24. The first-order valence-electron chi connectivity index (χ1n) is 4.79. The summed E-state index contributed by atoms with van der Waals surface area (Å²) in [5, 5.41) is 1.22. The summed E-state index contributed by atoms with van der Waals surface area (Å²) in [6.07, 6.45) is 3.82. The molecule has 1 aromatic carbocycles. The molecular weight excluding hydrogens is 170 g/mol. The summed E-state index contributed by atoms with van der Waals surface area (Å²) < 4.78 is 0. The van der Waals surface area contributed by atoms with Crippen LogP contribution >= 0.6 is 0 Å². The van der Waals surface area contributed by atoms with E-state index in [0.717, 1.165) is 5.52 Å². The molecule has 2 rings (SSSR count). The van der Waals surface area contributed by atoms with Gasteiger partial charge < -0.3 is 0 Å². The Morgan fingerprint density at radius 3 is 2.86 bits per heavy atom. The number of allylic oxidation sites excluding steroid dienone is 1. The smallest absolute Gasteiger partial charge is 0.0704 e. The minimum absolute atomic E-state index is 0.378. The molecule has 0 N–H and O–H groups in total. The van der Waals surface area contributed by atoms with Crippen LogP contribution in [0.1, 0.15) is 18.4 Å². The summed E-state index contributed by atoms with van der Waals surface area (Å²) in [5.41, 5.74) is 2.35. The first-order chi connectivity index (χ1) is 6.83. The number of rotatable bonds is 2. The summed E-state index contributed by atoms with van der Waals surface area (Å²) in [7, 11) is 0. The lowest BCUT2D eigenvalue weighted by molar-refractivity contribution is 0.980. The van der Waals surface area contributed by atoms with Gasteiger partial charge in [-0.3, -0.25) is 4.98 Å². The maximum atomic E-state index is 4.32. The van der Waals surface area contributed by atoms with Gasteiger partial charge in [-0.15, -0.1) is 6.58 Å². The van der Waals surface area contributed by atoms with Crippen LogP contribution in [0.4, 0.5) is 0 Å². The molecule has 14 heavy (non-hydrogen) atoms. The van der Waals surface area contributed by atoms with E-state index < -0.39 is 0 Å². The molecular formula is C13H13N. The number of fused-ring (bicyclic) bond motifs is 1. The monoisotopic (exact) mass is 183 g/mol. The number of hydrogen-bond donors (Lipinski definition) is 0. The Hall–Kier alpha value is -1.63. The van der Waals surface area contributed by atoms with E-state index in [1.54, 1.807) is 0 Å². The molecule has 1 heteroatoms. The van der Waals surface area contributed by atoms with E-state index in [1.807, 2.05) is 30.5 Å². The van der Waals surface area contributed by atoms with Crippen molar-refractivity contribution >= 4 is 10.9 Å². The van der Waals surface area contributed by atoms with Crippen molar-refractivity contribution in [2.24, 2.45) is 0 Å². The molecule has 0 fully saturated rings. The molecule has 0 amide bonds. The van der Waals surface area contributed by atoms with E-state index in [-0.39, 0.29) is 0 Å². The minimum atomic E-state index is 0.378. The molecule has 0 saturated carbocycles. The van der Waals surface area contributed by atoms with Crippen molar-refractivity contribution in [2.45, 2.75) is 12.8 Å². The van der Waals surface area contributed by atoms with E-state index in [9.17, 15) is 0 Å². The van der Waals surface area contributed by atoms with E-state index in [2.05, 4.69) is 30.6 Å². The first-order valence-corrected chi connectivity index (χ1v) is 4.79. The van der Waals surface area contributed by atoms with Crippen LogP contribution in [0.5, 0.6) is 0 Å². The minimum Gasteiger partial charge on any atom is -0.256 e. The normalized spacial score (nSPS) is 12.6. The quantitative estimate of drug-likeness (QED) is 0.649. The third-order valence-electron chi connectivity index (χ3n) is 2.53. The van der Waals surface area contributed by atoms with Crippen LogP contribution in [0.15, 0.2) is 49.2 Å². The molecule has 0 saturated heterocycles. The second kappa shape index (κ2) is 3.62. The number of benzene rings is 1. The van der Waals surface area contributed by atoms with Crippen LogP contribution in [-0.4, -0.2) is 4.98 Å². The molecule has 0 aliphatic rings. The third kappa shape index (κ3) is 1.41. The predicted octanol–water partition coefficient (Wildman–Crippen LogP) is 3.52. The summed E-state index contributed by atoms with van der Waals surface area (Å²) in [6.45, 7) is 5.97. The summed E-state index contributed by atoms with van der Waals surface area (Å²) >= 11 is 0. The van der Waals surface area contributed by atoms with Gasteiger partial charge in [0.25, 0.3) is 0 Å². The Labute approximate surface area is 84.1 Å². The van der Waals surface area contributed by atoms with Gasteiger partial charge in [0.1, 0.15) is 0 Å². The van der Waals surface area contributed by atoms with Crippen molar-refractivity contribution in [3.05, 3.63) is 54.7 Å². The van der Waals surface area contributed by atoms with Crippen LogP contribution in [0.2, 0.25) is 0 Å². The van der Waals surface area contributed by atoms with Gasteiger partial charge in [0.15, 0.2) is 0 Å². The molecule has 0 spiro atoms. The summed E-state index contributed by atoms with van der Waals surface area (Å²) in [5.74, 6) is 0.378. The van der Waals surface area contributed by atoms with Crippen molar-refractivity contribution < 1.29 is 0 Å². The Morgan fingerprint density at radius 1 is 1.29 bits per heavy atom. The van der Waals surface area contributed by atoms with Gasteiger partial charge in [0.2, 0.25) is 0 Å². The number of pyridine rings is 1. The molecule has 0 bridgehead atoms. The number of aromatic nitrogens is 1. The average Bonchev–Trinajstić information content (AvgIpc) is 2.27. The van der Waals surface area contributed by atoms with Crippen LogP contribution in [0.3, 0.4) is 0 Å². The Balaban J connectivity index is 2.70. The van der Waals surface area contributed by atoms with Gasteiger partial charge in [-0.25, -0.2) is 0 Å². The highest BCUT2D eigenvalue weighted by molar-refractivity contribution is 5.82. The zero-order valence-electron chi connectivity index (χ0n) is 8.27. The van der Waals surface area contributed by atoms with Crippen LogP contribution < -0.4 is 0 Å². The number of hydrogen-bond acceptors (Lipinski definition) is 1. The highest BCUT2D eigenvalue weighted by atomic mass is 14.6. The Morgan fingerprint density at radius 2 is 2.07 bits per heavy atom. The SMILES string of the molecule is C=C[C@H](C)c1ccnc2ccccc12. The molecule has 0 unspecified atom stereocenters. The van der Waals surface area contributed by atoms with Crippen LogP contribution in [-0.2, 0) is 0 Å².